The number of benzene rings is 1. The molecule has 7 rings (SSSR count). The summed E-state index contributed by atoms with van der Waals surface area (Å²) in [5.41, 5.74) is 2.99. The summed E-state index contributed by atoms with van der Waals surface area (Å²) < 4.78 is 78.2. The molecule has 4 saturated heterocycles. The summed E-state index contributed by atoms with van der Waals surface area (Å²) in [7, 11) is 0. The molecule has 0 spiro atoms. The van der Waals surface area contributed by atoms with Gasteiger partial charge in [-0.05, 0) is 56.5 Å². The number of halogens is 5. The van der Waals surface area contributed by atoms with Crippen LogP contribution in [0.1, 0.15) is 37.7 Å². The summed E-state index contributed by atoms with van der Waals surface area (Å²) in [6.45, 7) is 2.55. The number of hydrogen-bond donors (Lipinski definition) is 2. The van der Waals surface area contributed by atoms with Crippen molar-refractivity contribution in [1.82, 2.24) is 25.2 Å². The molecule has 6 heterocycles. The molecule has 4 aliphatic rings. The number of nitrogen functional groups attached to an aromatic ring is 1. The minimum atomic E-state index is -4.77. The molecule has 1 aromatic carbocycles. The van der Waals surface area contributed by atoms with Crippen molar-refractivity contribution in [2.75, 3.05) is 43.4 Å². The highest BCUT2D eigenvalue weighted by Crippen LogP contribution is 2.42. The number of rotatable bonds is 5. The molecule has 3 aromatic rings. The highest BCUT2D eigenvalue weighted by atomic mass is 19.4. The van der Waals surface area contributed by atoms with Crippen LogP contribution in [-0.4, -0.2) is 76.4 Å². The Balaban J connectivity index is 1.33. The van der Waals surface area contributed by atoms with E-state index in [4.69, 9.17) is 15.5 Å². The van der Waals surface area contributed by atoms with Crippen LogP contribution < -0.4 is 20.7 Å². The normalized spacial score (nSPS) is 28.0. The van der Waals surface area contributed by atoms with Gasteiger partial charge in [0, 0.05) is 49.1 Å². The van der Waals surface area contributed by atoms with Gasteiger partial charge in [-0.1, -0.05) is 0 Å². The van der Waals surface area contributed by atoms with E-state index in [1.54, 1.807) is 0 Å². The highest BCUT2D eigenvalue weighted by Gasteiger charge is 2.49. The molecule has 0 radical (unpaired) electrons. The van der Waals surface area contributed by atoms with Crippen LogP contribution in [0.15, 0.2) is 24.3 Å². The van der Waals surface area contributed by atoms with Gasteiger partial charge in [0.2, 0.25) is 0 Å². The smallest absolute Gasteiger partial charge is 0.418 e. The molecule has 4 fully saturated rings. The van der Waals surface area contributed by atoms with Crippen LogP contribution in [-0.2, 0) is 6.18 Å². The Morgan fingerprint density at radius 2 is 1.83 bits per heavy atom. The molecule has 218 valence electrons. The molecular formula is C28H30F5N7O. The lowest BCUT2D eigenvalue weighted by Gasteiger charge is -2.34. The lowest BCUT2D eigenvalue weighted by atomic mass is 9.95. The van der Waals surface area contributed by atoms with E-state index in [9.17, 15) is 17.6 Å². The summed E-state index contributed by atoms with van der Waals surface area (Å²) >= 11 is 0. The second-order valence-electron chi connectivity index (χ2n) is 11.7. The minimum absolute atomic E-state index is 0.0884. The minimum Gasteiger partial charge on any atom is -0.461 e. The zero-order valence-electron chi connectivity index (χ0n) is 22.2. The van der Waals surface area contributed by atoms with Crippen molar-refractivity contribution in [2.45, 2.75) is 62.1 Å². The number of anilines is 2. The second-order valence-corrected chi connectivity index (χ2v) is 11.7. The van der Waals surface area contributed by atoms with Gasteiger partial charge in [0.05, 0.1) is 16.8 Å². The van der Waals surface area contributed by atoms with E-state index in [0.717, 1.165) is 44.4 Å². The predicted octanol–water partition coefficient (Wildman–Crippen LogP) is 4.33. The maximum absolute atomic E-state index is 16.3. The molecule has 0 saturated carbocycles. The fourth-order valence-electron chi connectivity index (χ4n) is 7.14. The van der Waals surface area contributed by atoms with Gasteiger partial charge in [-0.25, -0.2) is 13.8 Å². The van der Waals surface area contributed by atoms with Crippen molar-refractivity contribution in [3.63, 3.8) is 0 Å². The first-order valence-corrected chi connectivity index (χ1v) is 14.0. The number of piperazine rings is 1. The second kappa shape index (κ2) is 9.62. The van der Waals surface area contributed by atoms with Crippen molar-refractivity contribution in [1.29, 1.82) is 0 Å². The van der Waals surface area contributed by atoms with Crippen molar-refractivity contribution < 1.29 is 26.7 Å². The molecule has 0 aliphatic carbocycles. The number of ether oxygens (including phenoxy) is 1. The third-order valence-corrected chi connectivity index (χ3v) is 8.99. The summed E-state index contributed by atoms with van der Waals surface area (Å²) in [5, 5.41) is 3.92. The Hall–Kier alpha value is -3.32. The fourth-order valence-corrected chi connectivity index (χ4v) is 7.14. The Kier molecular flexibility index (Phi) is 6.23. The van der Waals surface area contributed by atoms with Crippen LogP contribution in [0.4, 0.5) is 33.6 Å². The summed E-state index contributed by atoms with van der Waals surface area (Å²) in [5.74, 6) is -0.677. The number of hydrogen-bond acceptors (Lipinski definition) is 8. The van der Waals surface area contributed by atoms with Crippen LogP contribution in [0, 0.1) is 5.82 Å². The average Bonchev–Trinajstić information content (AvgIpc) is 3.57. The molecule has 0 amide bonds. The molecule has 2 aromatic heterocycles. The first-order valence-electron chi connectivity index (χ1n) is 14.0. The van der Waals surface area contributed by atoms with Crippen LogP contribution in [0.5, 0.6) is 6.01 Å². The van der Waals surface area contributed by atoms with E-state index < -0.39 is 35.0 Å². The third kappa shape index (κ3) is 4.62. The van der Waals surface area contributed by atoms with Crippen LogP contribution >= 0.6 is 0 Å². The van der Waals surface area contributed by atoms with E-state index in [1.165, 1.54) is 12.1 Å². The number of alkyl halides is 4. The van der Waals surface area contributed by atoms with Gasteiger partial charge in [0.25, 0.3) is 0 Å². The monoisotopic (exact) mass is 575 g/mol. The maximum Gasteiger partial charge on any atom is 0.418 e. The van der Waals surface area contributed by atoms with Gasteiger partial charge < -0.3 is 20.7 Å². The Morgan fingerprint density at radius 3 is 2.59 bits per heavy atom. The van der Waals surface area contributed by atoms with E-state index in [0.29, 0.717) is 37.3 Å². The number of nitrogens with two attached hydrogens (primary N) is 1. The van der Waals surface area contributed by atoms with E-state index >= 15 is 4.39 Å². The molecule has 8 nitrogen and oxygen atoms in total. The number of nitrogens with one attached hydrogen (secondary N) is 1. The molecule has 2 bridgehead atoms. The SMILES string of the molecule is Nc1ccc(C(F)(F)F)c(-c2ccc3c(N4CC5CCC(C4)N5)nc(OC[C@@]45CCCN4C[C@H](F)C5)nc3c2F)n1. The average molecular weight is 576 g/mol. The Labute approximate surface area is 233 Å². The molecule has 3 N–H and O–H groups in total. The van der Waals surface area contributed by atoms with Gasteiger partial charge in [-0.15, -0.1) is 0 Å². The van der Waals surface area contributed by atoms with E-state index in [2.05, 4.69) is 25.1 Å². The van der Waals surface area contributed by atoms with Crippen LogP contribution in [0.25, 0.3) is 22.2 Å². The van der Waals surface area contributed by atoms with Gasteiger partial charge in [0.15, 0.2) is 5.82 Å². The molecule has 2 unspecified atom stereocenters. The quantitative estimate of drug-likeness (QED) is 0.435. The van der Waals surface area contributed by atoms with Crippen molar-refractivity contribution in [2.24, 2.45) is 0 Å². The van der Waals surface area contributed by atoms with Crippen molar-refractivity contribution in [3.8, 4) is 17.3 Å². The van der Waals surface area contributed by atoms with E-state index in [-0.39, 0.29) is 41.6 Å². The zero-order valence-corrected chi connectivity index (χ0v) is 22.2. The summed E-state index contributed by atoms with van der Waals surface area (Å²) in [6, 6.07) is 5.05. The topological polar surface area (TPSA) is 92.4 Å². The molecule has 41 heavy (non-hydrogen) atoms. The standard InChI is InChI=1S/C28H30F5N7O/c29-15-10-27(8-1-9-40(27)11-15)14-41-26-37-24-19(25(38-26)39-12-16-2-3-17(13-39)35-16)5-4-18(22(24)30)23-20(28(31,32)33)6-7-21(34)36-23/h4-7,15-17,35H,1-3,8-14H2,(H2,34,36)/t15-,16?,17?,27+/m1/s1. The molecule has 13 heteroatoms. The number of fused-ring (bicyclic) bond motifs is 4. The van der Waals surface area contributed by atoms with Gasteiger partial charge >= 0.3 is 12.2 Å². The van der Waals surface area contributed by atoms with Crippen LogP contribution in [0.3, 0.4) is 0 Å². The lowest BCUT2D eigenvalue weighted by molar-refractivity contribution is -0.137. The Morgan fingerprint density at radius 1 is 1.05 bits per heavy atom. The first-order chi connectivity index (χ1) is 19.6. The highest BCUT2D eigenvalue weighted by molar-refractivity contribution is 5.93. The van der Waals surface area contributed by atoms with Gasteiger partial charge in [-0.2, -0.15) is 23.1 Å². The maximum atomic E-state index is 16.3. The first kappa shape index (κ1) is 26.6. The molecular weight excluding hydrogens is 545 g/mol. The van der Waals surface area contributed by atoms with Gasteiger partial charge in [-0.3, -0.25) is 4.90 Å². The largest absolute Gasteiger partial charge is 0.461 e. The zero-order chi connectivity index (χ0) is 28.5. The van der Waals surface area contributed by atoms with Crippen molar-refractivity contribution >= 4 is 22.5 Å². The number of nitrogens with zero attached hydrogens (tertiary/aromatic N) is 5. The third-order valence-electron chi connectivity index (χ3n) is 8.99. The predicted molar refractivity (Wildman–Crippen MR) is 143 cm³/mol. The van der Waals surface area contributed by atoms with Gasteiger partial charge in [0.1, 0.15) is 29.9 Å². The Bertz CT molecular complexity index is 1490. The number of aromatic nitrogens is 3. The summed E-state index contributed by atoms with van der Waals surface area (Å²) in [6.07, 6.45) is -1.66. The number of pyridine rings is 1. The van der Waals surface area contributed by atoms with Crippen molar-refractivity contribution in [3.05, 3.63) is 35.6 Å². The molecule has 4 aliphatic heterocycles. The fraction of sp³-hybridized carbons (Fsp3) is 0.536. The summed E-state index contributed by atoms with van der Waals surface area (Å²) in [4.78, 5) is 17.1. The lowest BCUT2D eigenvalue weighted by Crippen LogP contribution is -2.51. The van der Waals surface area contributed by atoms with E-state index in [1.807, 2.05) is 0 Å². The van der Waals surface area contributed by atoms with Crippen LogP contribution in [0.2, 0.25) is 0 Å². The molecule has 4 atom stereocenters.